The number of imidazole rings is 1. The topological polar surface area (TPSA) is 91.5 Å². The molecule has 9 heteroatoms. The van der Waals surface area contributed by atoms with Crippen molar-refractivity contribution < 1.29 is 19.3 Å². The largest absolute Gasteiger partial charge is 0.394 e. The molecule has 4 atom stereocenters. The molecule has 2 aromatic heterocycles. The second-order valence-electron chi connectivity index (χ2n) is 5.80. The summed E-state index contributed by atoms with van der Waals surface area (Å²) in [7, 11) is 0. The van der Waals surface area contributed by atoms with Gasteiger partial charge in [0, 0.05) is 0 Å². The van der Waals surface area contributed by atoms with Crippen LogP contribution in [0.2, 0.25) is 5.15 Å². The number of halogens is 1. The molecule has 118 valence electrons. The Morgan fingerprint density at radius 3 is 2.82 bits per heavy atom. The molecule has 0 saturated carbocycles. The quantitative estimate of drug-likeness (QED) is 0.819. The Labute approximate surface area is 131 Å². The van der Waals surface area contributed by atoms with E-state index in [2.05, 4.69) is 15.0 Å². The van der Waals surface area contributed by atoms with Crippen molar-refractivity contribution in [1.82, 2.24) is 19.5 Å². The van der Waals surface area contributed by atoms with Crippen molar-refractivity contribution in [2.24, 2.45) is 0 Å². The summed E-state index contributed by atoms with van der Waals surface area (Å²) in [6.45, 7) is 3.52. The monoisotopic (exact) mass is 326 g/mol. The lowest BCUT2D eigenvalue weighted by atomic mass is 10.1. The van der Waals surface area contributed by atoms with Gasteiger partial charge < -0.3 is 19.3 Å². The first-order chi connectivity index (χ1) is 10.5. The van der Waals surface area contributed by atoms with Crippen molar-refractivity contribution in [3.8, 4) is 0 Å². The second kappa shape index (κ2) is 4.84. The van der Waals surface area contributed by atoms with Gasteiger partial charge in [-0.25, -0.2) is 15.0 Å². The zero-order valence-electron chi connectivity index (χ0n) is 12.0. The van der Waals surface area contributed by atoms with Gasteiger partial charge in [0.25, 0.3) is 0 Å². The molecule has 2 fully saturated rings. The molecule has 1 N–H and O–H groups in total. The van der Waals surface area contributed by atoms with Crippen LogP contribution < -0.4 is 0 Å². The highest BCUT2D eigenvalue weighted by atomic mass is 35.5. The summed E-state index contributed by atoms with van der Waals surface area (Å²) < 4.78 is 19.4. The molecule has 0 bridgehead atoms. The predicted molar refractivity (Wildman–Crippen MR) is 75.2 cm³/mol. The fourth-order valence-corrected chi connectivity index (χ4v) is 3.22. The SMILES string of the molecule is CC1(C)OC2[C@@H](O1)[C@@H](CO)O[C@H]2n1cnc2c(Cl)ncnc21. The number of nitrogens with zero attached hydrogens (tertiary/aromatic N) is 4. The molecule has 0 radical (unpaired) electrons. The smallest absolute Gasteiger partial charge is 0.167 e. The van der Waals surface area contributed by atoms with Crippen LogP contribution in [0.1, 0.15) is 20.1 Å². The van der Waals surface area contributed by atoms with E-state index in [1.807, 2.05) is 13.8 Å². The Morgan fingerprint density at radius 1 is 1.27 bits per heavy atom. The summed E-state index contributed by atoms with van der Waals surface area (Å²) in [6, 6.07) is 0. The van der Waals surface area contributed by atoms with Gasteiger partial charge in [0.2, 0.25) is 0 Å². The standard InChI is InChI=1S/C13H15ClN4O4/c1-13(2)21-8-6(3-19)20-12(9(8)22-13)18-5-17-7-10(14)15-4-16-11(7)18/h4-6,8-9,12,19H,3H2,1-2H3/t6-,8+,9?,12-/m1/s1. The third-order valence-corrected chi connectivity index (χ3v) is 4.17. The Hall–Kier alpha value is -1.32. The maximum absolute atomic E-state index is 9.52. The van der Waals surface area contributed by atoms with E-state index in [1.54, 1.807) is 10.9 Å². The maximum atomic E-state index is 9.52. The van der Waals surface area contributed by atoms with Crippen molar-refractivity contribution >= 4 is 22.8 Å². The van der Waals surface area contributed by atoms with Gasteiger partial charge >= 0.3 is 0 Å². The Morgan fingerprint density at radius 2 is 2.05 bits per heavy atom. The van der Waals surface area contributed by atoms with E-state index < -0.39 is 18.1 Å². The summed E-state index contributed by atoms with van der Waals surface area (Å²) in [6.07, 6.45) is 1.28. The first-order valence-electron chi connectivity index (χ1n) is 6.95. The van der Waals surface area contributed by atoms with Gasteiger partial charge in [0.15, 0.2) is 22.8 Å². The number of aliphatic hydroxyl groups excluding tert-OH is 1. The molecule has 22 heavy (non-hydrogen) atoms. The van der Waals surface area contributed by atoms with E-state index in [0.29, 0.717) is 11.2 Å². The molecule has 0 spiro atoms. The maximum Gasteiger partial charge on any atom is 0.167 e. The molecule has 0 amide bonds. The Kier molecular flexibility index (Phi) is 3.14. The summed E-state index contributed by atoms with van der Waals surface area (Å²) in [4.78, 5) is 12.4. The van der Waals surface area contributed by atoms with Gasteiger partial charge in [0.1, 0.15) is 30.2 Å². The van der Waals surface area contributed by atoms with Crippen LogP contribution in [0, 0.1) is 0 Å². The highest BCUT2D eigenvalue weighted by Gasteiger charge is 2.55. The van der Waals surface area contributed by atoms with Crippen LogP contribution in [0.15, 0.2) is 12.7 Å². The van der Waals surface area contributed by atoms with Gasteiger partial charge in [-0.3, -0.25) is 4.57 Å². The molecule has 2 aliphatic heterocycles. The third-order valence-electron chi connectivity index (χ3n) is 3.89. The van der Waals surface area contributed by atoms with Crippen molar-refractivity contribution in [1.29, 1.82) is 0 Å². The van der Waals surface area contributed by atoms with Crippen LogP contribution in [0.4, 0.5) is 0 Å². The van der Waals surface area contributed by atoms with Crippen LogP contribution in [0.3, 0.4) is 0 Å². The normalized spacial score (nSPS) is 33.5. The highest BCUT2D eigenvalue weighted by Crippen LogP contribution is 2.43. The first kappa shape index (κ1) is 14.3. The van der Waals surface area contributed by atoms with E-state index >= 15 is 0 Å². The van der Waals surface area contributed by atoms with Gasteiger partial charge in [-0.1, -0.05) is 11.6 Å². The number of fused-ring (bicyclic) bond motifs is 2. The lowest BCUT2D eigenvalue weighted by molar-refractivity contribution is -0.199. The number of aromatic nitrogens is 4. The Balaban J connectivity index is 1.77. The Bertz CT molecular complexity index is 721. The van der Waals surface area contributed by atoms with E-state index in [4.69, 9.17) is 25.8 Å². The summed E-state index contributed by atoms with van der Waals surface area (Å²) in [5.74, 6) is -0.728. The molecule has 1 unspecified atom stereocenters. The molecule has 0 aliphatic carbocycles. The molecule has 8 nitrogen and oxygen atoms in total. The van der Waals surface area contributed by atoms with Crippen molar-refractivity contribution in [3.05, 3.63) is 17.8 Å². The zero-order chi connectivity index (χ0) is 15.5. The van der Waals surface area contributed by atoms with Crippen molar-refractivity contribution in [3.63, 3.8) is 0 Å². The summed E-state index contributed by atoms with van der Waals surface area (Å²) in [5.41, 5.74) is 1.05. The minimum atomic E-state index is -0.728. The van der Waals surface area contributed by atoms with Crippen LogP contribution in [-0.4, -0.2) is 55.3 Å². The molecule has 0 aromatic carbocycles. The summed E-state index contributed by atoms with van der Waals surface area (Å²) >= 11 is 6.03. The van der Waals surface area contributed by atoms with E-state index in [0.717, 1.165) is 0 Å². The molecular weight excluding hydrogens is 312 g/mol. The van der Waals surface area contributed by atoms with Crippen molar-refractivity contribution in [2.75, 3.05) is 6.61 Å². The lowest BCUT2D eigenvalue weighted by Crippen LogP contribution is -2.31. The van der Waals surface area contributed by atoms with Crippen LogP contribution in [-0.2, 0) is 14.2 Å². The fraction of sp³-hybridized carbons (Fsp3) is 0.615. The van der Waals surface area contributed by atoms with Gasteiger partial charge in [-0.2, -0.15) is 0 Å². The van der Waals surface area contributed by atoms with Gasteiger partial charge in [-0.05, 0) is 13.8 Å². The molecule has 2 aromatic rings. The predicted octanol–water partition coefficient (Wildman–Crippen LogP) is 0.889. The van der Waals surface area contributed by atoms with Crippen LogP contribution >= 0.6 is 11.6 Å². The molecule has 2 aliphatic rings. The molecular formula is C13H15ClN4O4. The second-order valence-corrected chi connectivity index (χ2v) is 6.16. The number of ether oxygens (including phenoxy) is 3. The third kappa shape index (κ3) is 2.03. The molecule has 4 rings (SSSR count). The van der Waals surface area contributed by atoms with E-state index in [-0.39, 0.29) is 24.0 Å². The molecule has 4 heterocycles. The number of aliphatic hydroxyl groups is 1. The minimum absolute atomic E-state index is 0.153. The number of hydrogen-bond donors (Lipinski definition) is 1. The lowest BCUT2D eigenvalue weighted by Gasteiger charge is -2.24. The minimum Gasteiger partial charge on any atom is -0.394 e. The molecule has 2 saturated heterocycles. The van der Waals surface area contributed by atoms with Crippen LogP contribution in [0.5, 0.6) is 0 Å². The fourth-order valence-electron chi connectivity index (χ4n) is 3.04. The average molecular weight is 327 g/mol. The van der Waals surface area contributed by atoms with Gasteiger partial charge in [0.05, 0.1) is 12.9 Å². The van der Waals surface area contributed by atoms with E-state index in [1.165, 1.54) is 6.33 Å². The zero-order valence-corrected chi connectivity index (χ0v) is 12.8. The summed E-state index contributed by atoms with van der Waals surface area (Å²) in [5, 5.41) is 9.80. The van der Waals surface area contributed by atoms with Gasteiger partial charge in [-0.15, -0.1) is 0 Å². The average Bonchev–Trinajstić information content (AvgIpc) is 3.10. The van der Waals surface area contributed by atoms with Crippen molar-refractivity contribution in [2.45, 2.75) is 44.2 Å². The van der Waals surface area contributed by atoms with E-state index in [9.17, 15) is 5.11 Å². The highest BCUT2D eigenvalue weighted by molar-refractivity contribution is 6.33. The number of rotatable bonds is 2. The van der Waals surface area contributed by atoms with Crippen LogP contribution in [0.25, 0.3) is 11.2 Å². The number of hydrogen-bond acceptors (Lipinski definition) is 7. The first-order valence-corrected chi connectivity index (χ1v) is 7.33.